The second kappa shape index (κ2) is 11.1. The summed E-state index contributed by atoms with van der Waals surface area (Å²) in [5.74, 6) is -0.703. The summed E-state index contributed by atoms with van der Waals surface area (Å²) in [4.78, 5) is 37.6. The van der Waals surface area contributed by atoms with Gasteiger partial charge in [-0.15, -0.1) is 5.10 Å². The number of aromatic amines is 1. The Kier molecular flexibility index (Phi) is 7.84. The first-order chi connectivity index (χ1) is 19.1. The highest BCUT2D eigenvalue weighted by Gasteiger charge is 2.50. The van der Waals surface area contributed by atoms with Crippen molar-refractivity contribution in [2.45, 2.75) is 49.7 Å². The first kappa shape index (κ1) is 28.3. The predicted octanol–water partition coefficient (Wildman–Crippen LogP) is 1.16. The van der Waals surface area contributed by atoms with Gasteiger partial charge in [-0.3, -0.25) is 9.32 Å². The maximum atomic E-state index is 13.4. The lowest BCUT2D eigenvalue weighted by Crippen LogP contribution is -2.33. The summed E-state index contributed by atoms with van der Waals surface area (Å²) in [6, 6.07) is 0.833. The number of fused-ring (bicyclic) bond motifs is 4. The molecule has 4 heterocycles. The van der Waals surface area contributed by atoms with Crippen LogP contribution in [0.2, 0.25) is 0 Å². The smallest absolute Gasteiger partial charge is 0.386 e. The van der Waals surface area contributed by atoms with Gasteiger partial charge in [0.1, 0.15) is 18.5 Å². The molecule has 2 saturated carbocycles. The fourth-order valence-corrected chi connectivity index (χ4v) is 8.44. The Morgan fingerprint density at radius 3 is 2.80 bits per heavy atom. The molecule has 0 aromatic carbocycles. The fraction of sp³-hybridized carbons (Fsp3) is 0.600. The van der Waals surface area contributed by atoms with E-state index in [0.29, 0.717) is 18.7 Å². The number of aliphatic hydroxyl groups excluding tert-OH is 1. The monoisotopic (exact) mass is 633 g/mol. The molecule has 0 radical (unpaired) electrons. The molecule has 0 spiro atoms. The van der Waals surface area contributed by atoms with Gasteiger partial charge in [-0.05, 0) is 24.6 Å². The molecule has 216 valence electrons. The Morgan fingerprint density at radius 2 is 2.00 bits per heavy atom. The van der Waals surface area contributed by atoms with Gasteiger partial charge in [0.25, 0.3) is 5.56 Å². The average Bonchev–Trinajstić information content (AvgIpc) is 3.58. The zero-order valence-corrected chi connectivity index (χ0v) is 24.1. The van der Waals surface area contributed by atoms with Crippen molar-refractivity contribution < 1.29 is 37.4 Å². The standard InChI is InChI=1S/C20H25N7O9P2S2/c28-17-11-4-13(27-19-16(25-26-27)20(29)24-9-23-19)18(17)36-38(31,40)32-6-10-3-12(34-15-1-2-21-8-22-15)5-14(10)35-37(30,39)33-7-11/h1-2,8-14,17-18,28H,3-7H2,(H,30,39)(H,31,40)(H,23,24,29)/t10-,11?,12-,13-,14+,17-,18+,37?,38?/m1/s1. The van der Waals surface area contributed by atoms with Crippen LogP contribution in [-0.2, 0) is 34.5 Å². The van der Waals surface area contributed by atoms with E-state index in [2.05, 4.69) is 42.5 Å². The molecule has 3 aromatic heterocycles. The summed E-state index contributed by atoms with van der Waals surface area (Å²) < 4.78 is 43.7. The van der Waals surface area contributed by atoms with E-state index in [0.717, 1.165) is 0 Å². The van der Waals surface area contributed by atoms with Crippen LogP contribution in [0.4, 0.5) is 0 Å². The summed E-state index contributed by atoms with van der Waals surface area (Å²) >= 11 is 9.47. The van der Waals surface area contributed by atoms with Crippen molar-refractivity contribution in [1.82, 2.24) is 34.9 Å². The molecular weight excluding hydrogens is 608 g/mol. The van der Waals surface area contributed by atoms with Crippen LogP contribution in [0.25, 0.3) is 11.2 Å². The quantitative estimate of drug-likeness (QED) is 0.236. The van der Waals surface area contributed by atoms with E-state index < -0.39 is 55.3 Å². The number of thiol groups is 1. The number of H-pyrrole nitrogens is 1. The molecule has 3 N–H and O–H groups in total. The molecule has 9 atom stereocenters. The van der Waals surface area contributed by atoms with E-state index in [1.54, 1.807) is 12.3 Å². The van der Waals surface area contributed by atoms with Gasteiger partial charge < -0.3 is 33.3 Å². The summed E-state index contributed by atoms with van der Waals surface area (Å²) in [6.45, 7) is -8.18. The summed E-state index contributed by atoms with van der Waals surface area (Å²) in [5.41, 5.74) is -0.365. The van der Waals surface area contributed by atoms with Crippen LogP contribution < -0.4 is 10.3 Å². The molecule has 3 aliphatic rings. The molecule has 1 aliphatic heterocycles. The Hall–Kier alpha value is -1.85. The van der Waals surface area contributed by atoms with Gasteiger partial charge in [0.15, 0.2) is 11.2 Å². The summed E-state index contributed by atoms with van der Waals surface area (Å²) in [7, 11) is 0. The third kappa shape index (κ3) is 5.88. The van der Waals surface area contributed by atoms with Crippen molar-refractivity contribution in [2.75, 3.05) is 13.2 Å². The number of aliphatic hydroxyl groups is 1. The van der Waals surface area contributed by atoms with Crippen LogP contribution in [0.3, 0.4) is 0 Å². The minimum atomic E-state index is -4.07. The molecule has 2 aliphatic carbocycles. The largest absolute Gasteiger partial charge is 0.474 e. The first-order valence-corrected chi connectivity index (χ1v) is 17.6. The second-order valence-corrected chi connectivity index (χ2v) is 15.4. The highest BCUT2D eigenvalue weighted by Crippen LogP contribution is 2.59. The number of ether oxygens (including phenoxy) is 1. The molecular formula is C20H25N7O9P2S2. The highest BCUT2D eigenvalue weighted by atomic mass is 32.7. The number of hydrogen-bond acceptors (Lipinski definition) is 14. The minimum Gasteiger partial charge on any atom is -0.474 e. The number of hydrogen-bond donors (Lipinski definition) is 4. The molecule has 40 heavy (non-hydrogen) atoms. The third-order valence-electron chi connectivity index (χ3n) is 7.18. The molecule has 0 amide bonds. The van der Waals surface area contributed by atoms with Gasteiger partial charge in [0.05, 0.1) is 37.8 Å². The van der Waals surface area contributed by atoms with E-state index in [1.807, 2.05) is 0 Å². The number of nitrogens with zero attached hydrogens (tertiary/aromatic N) is 6. The fourth-order valence-electron chi connectivity index (χ4n) is 5.34. The minimum absolute atomic E-state index is 0.0135. The Labute approximate surface area is 236 Å². The van der Waals surface area contributed by atoms with Crippen molar-refractivity contribution in [3.05, 3.63) is 35.3 Å². The van der Waals surface area contributed by atoms with Crippen molar-refractivity contribution in [3.8, 4) is 5.88 Å². The van der Waals surface area contributed by atoms with Crippen molar-refractivity contribution in [3.63, 3.8) is 0 Å². The van der Waals surface area contributed by atoms with Crippen LogP contribution in [-0.4, -0.2) is 82.6 Å². The molecule has 20 heteroatoms. The molecule has 2 bridgehead atoms. The maximum Gasteiger partial charge on any atom is 0.386 e. The van der Waals surface area contributed by atoms with E-state index in [-0.39, 0.29) is 36.9 Å². The van der Waals surface area contributed by atoms with Crippen LogP contribution in [0.15, 0.2) is 29.7 Å². The SMILES string of the molecule is O=c1[nH]cnc2c1nnn2[C@@H]1CC2COP(O)(=S)O[C@H]3C[C@H](Oc4ccncn4)C[C@@H]3COP(=O)(S)O[C@@H]1[C@@H]2O. The van der Waals surface area contributed by atoms with Gasteiger partial charge in [-0.2, -0.15) is 0 Å². The molecule has 6 rings (SSSR count). The Balaban J connectivity index is 1.27. The van der Waals surface area contributed by atoms with E-state index in [9.17, 15) is 19.4 Å². The Morgan fingerprint density at radius 1 is 1.18 bits per heavy atom. The molecule has 3 unspecified atom stereocenters. The van der Waals surface area contributed by atoms with Crippen LogP contribution in [0.5, 0.6) is 5.88 Å². The van der Waals surface area contributed by atoms with Crippen LogP contribution >= 0.6 is 25.8 Å². The number of aromatic nitrogens is 7. The summed E-state index contributed by atoms with van der Waals surface area (Å²) in [5, 5.41) is 19.1. The maximum absolute atomic E-state index is 13.4. The normalized spacial score (nSPS) is 38.7. The second-order valence-electron chi connectivity index (χ2n) is 9.75. The molecule has 1 saturated heterocycles. The topological polar surface area (TPSA) is 206 Å². The van der Waals surface area contributed by atoms with Gasteiger partial charge in [0.2, 0.25) is 5.88 Å². The summed E-state index contributed by atoms with van der Waals surface area (Å²) in [6.07, 6.45) is 1.59. The van der Waals surface area contributed by atoms with Gasteiger partial charge in [0, 0.05) is 30.5 Å². The first-order valence-electron chi connectivity index (χ1n) is 12.3. The molecule has 16 nitrogen and oxygen atoms in total. The highest BCUT2D eigenvalue weighted by molar-refractivity contribution is 8.44. The van der Waals surface area contributed by atoms with Gasteiger partial charge in [-0.25, -0.2) is 24.2 Å². The molecule has 3 aromatic rings. The lowest BCUT2D eigenvalue weighted by molar-refractivity contribution is 0.00478. The number of rotatable bonds is 3. The van der Waals surface area contributed by atoms with Crippen molar-refractivity contribution in [1.29, 1.82) is 0 Å². The van der Waals surface area contributed by atoms with Crippen molar-refractivity contribution >= 4 is 48.7 Å². The third-order valence-corrected chi connectivity index (χ3v) is 10.4. The zero-order chi connectivity index (χ0) is 28.1. The predicted molar refractivity (Wildman–Crippen MR) is 143 cm³/mol. The van der Waals surface area contributed by atoms with E-state index in [1.165, 1.54) is 17.3 Å². The zero-order valence-electron chi connectivity index (χ0n) is 20.6. The van der Waals surface area contributed by atoms with Gasteiger partial charge >= 0.3 is 13.5 Å². The molecule has 3 fully saturated rings. The van der Waals surface area contributed by atoms with Crippen LogP contribution in [0.1, 0.15) is 25.3 Å². The van der Waals surface area contributed by atoms with Crippen LogP contribution in [0, 0.1) is 11.8 Å². The number of nitrogens with one attached hydrogen (secondary N) is 1. The average molecular weight is 634 g/mol. The van der Waals surface area contributed by atoms with E-state index >= 15 is 0 Å². The lowest BCUT2D eigenvalue weighted by atomic mass is 10.1. The van der Waals surface area contributed by atoms with Crippen molar-refractivity contribution in [2.24, 2.45) is 11.8 Å². The van der Waals surface area contributed by atoms with Gasteiger partial charge in [-0.1, -0.05) is 17.5 Å². The van der Waals surface area contributed by atoms with E-state index in [4.69, 9.17) is 34.6 Å². The lowest BCUT2D eigenvalue weighted by Gasteiger charge is -2.27. The Bertz CT molecular complexity index is 1530.